The molecule has 25 heavy (non-hydrogen) atoms. The van der Waals surface area contributed by atoms with Crippen molar-refractivity contribution in [2.75, 3.05) is 26.2 Å². The van der Waals surface area contributed by atoms with Crippen LogP contribution in [-0.2, 0) is 16.0 Å². The predicted octanol–water partition coefficient (Wildman–Crippen LogP) is 1.21. The van der Waals surface area contributed by atoms with Crippen molar-refractivity contribution in [3.63, 3.8) is 0 Å². The molecule has 2 heterocycles. The lowest BCUT2D eigenvalue weighted by Gasteiger charge is -2.35. The first-order valence-electron chi connectivity index (χ1n) is 8.38. The van der Waals surface area contributed by atoms with Crippen LogP contribution < -0.4 is 0 Å². The van der Waals surface area contributed by atoms with Gasteiger partial charge in [0.2, 0.25) is 5.91 Å². The van der Waals surface area contributed by atoms with E-state index >= 15 is 0 Å². The van der Waals surface area contributed by atoms with E-state index in [0.29, 0.717) is 26.2 Å². The maximum Gasteiger partial charge on any atom is 0.251 e. The van der Waals surface area contributed by atoms with Gasteiger partial charge in [0.05, 0.1) is 6.42 Å². The van der Waals surface area contributed by atoms with Crippen LogP contribution in [0.15, 0.2) is 18.2 Å². The molecule has 134 valence electrons. The van der Waals surface area contributed by atoms with Gasteiger partial charge >= 0.3 is 0 Å². The summed E-state index contributed by atoms with van der Waals surface area (Å²) in [7, 11) is 0. The molecule has 2 aromatic rings. The molecule has 0 aliphatic carbocycles. The molecular weight excluding hydrogens is 325 g/mol. The molecule has 0 radical (unpaired) electrons. The topological polar surface area (TPSA) is 76.6 Å². The van der Waals surface area contributed by atoms with Gasteiger partial charge in [-0.15, -0.1) is 0 Å². The molecule has 1 aromatic heterocycles. The fourth-order valence-corrected chi connectivity index (χ4v) is 3.29. The van der Waals surface area contributed by atoms with Gasteiger partial charge in [-0.25, -0.2) is 4.39 Å². The number of halogens is 1. The summed E-state index contributed by atoms with van der Waals surface area (Å²) in [6.07, 6.45) is -0.828. The summed E-state index contributed by atoms with van der Waals surface area (Å²) in [5.41, 5.74) is 2.48. The van der Waals surface area contributed by atoms with Gasteiger partial charge in [0.25, 0.3) is 5.91 Å². The predicted molar refractivity (Wildman–Crippen MR) is 91.5 cm³/mol. The zero-order valence-electron chi connectivity index (χ0n) is 14.4. The number of nitrogens with zero attached hydrogens (tertiary/aromatic N) is 2. The van der Waals surface area contributed by atoms with Crippen molar-refractivity contribution in [2.45, 2.75) is 26.4 Å². The minimum absolute atomic E-state index is 0.0441. The molecule has 2 N–H and O–H groups in total. The summed E-state index contributed by atoms with van der Waals surface area (Å²) in [4.78, 5) is 30.9. The van der Waals surface area contributed by atoms with E-state index in [2.05, 4.69) is 4.98 Å². The molecule has 6 nitrogen and oxygen atoms in total. The van der Waals surface area contributed by atoms with Crippen LogP contribution in [0.25, 0.3) is 10.9 Å². The Hall–Kier alpha value is -2.41. The molecule has 1 fully saturated rings. The van der Waals surface area contributed by atoms with E-state index in [1.165, 1.54) is 19.1 Å². The number of aliphatic hydroxyl groups is 1. The Bertz CT molecular complexity index is 807. The molecule has 2 amide bonds. The van der Waals surface area contributed by atoms with Crippen molar-refractivity contribution in [2.24, 2.45) is 0 Å². The minimum atomic E-state index is -1.02. The number of aryl methyl sites for hydroxylation is 1. The second-order valence-corrected chi connectivity index (χ2v) is 6.48. The lowest BCUT2D eigenvalue weighted by Crippen LogP contribution is -2.52. The third-order valence-corrected chi connectivity index (χ3v) is 4.71. The summed E-state index contributed by atoms with van der Waals surface area (Å²) in [6, 6.07) is 4.51. The fourth-order valence-electron chi connectivity index (χ4n) is 3.29. The number of aromatic amines is 1. The average molecular weight is 347 g/mol. The highest BCUT2D eigenvalue weighted by atomic mass is 19.1. The van der Waals surface area contributed by atoms with Crippen molar-refractivity contribution >= 4 is 22.7 Å². The van der Waals surface area contributed by atoms with Crippen molar-refractivity contribution in [1.82, 2.24) is 14.8 Å². The molecule has 7 heteroatoms. The number of amides is 2. The normalized spacial score (nSPS) is 16.3. The molecule has 0 spiro atoms. The van der Waals surface area contributed by atoms with Gasteiger partial charge in [-0.05, 0) is 37.6 Å². The Labute approximate surface area is 145 Å². The standard InChI is InChI=1S/C18H22FN3O3/c1-11-14(15-9-13(19)3-4-16(15)20-11)10-17(24)21-5-7-22(8-6-21)18(25)12(2)23/h3-4,9,12,20,23H,5-8,10H2,1-2H3. The Morgan fingerprint density at radius 2 is 1.88 bits per heavy atom. The van der Waals surface area contributed by atoms with E-state index in [-0.39, 0.29) is 24.1 Å². The molecule has 1 aromatic carbocycles. The van der Waals surface area contributed by atoms with Crippen LogP contribution in [0.2, 0.25) is 0 Å². The second kappa shape index (κ2) is 6.84. The number of hydrogen-bond donors (Lipinski definition) is 2. The summed E-state index contributed by atoms with van der Waals surface area (Å²) < 4.78 is 13.5. The Morgan fingerprint density at radius 3 is 2.52 bits per heavy atom. The molecule has 3 rings (SSSR count). The van der Waals surface area contributed by atoms with Crippen LogP contribution >= 0.6 is 0 Å². The zero-order valence-corrected chi connectivity index (χ0v) is 14.4. The first kappa shape index (κ1) is 17.4. The van der Waals surface area contributed by atoms with Gasteiger partial charge in [0, 0.05) is 42.8 Å². The fraction of sp³-hybridized carbons (Fsp3) is 0.444. The first-order chi connectivity index (χ1) is 11.9. The molecule has 1 saturated heterocycles. The number of fused-ring (bicyclic) bond motifs is 1. The van der Waals surface area contributed by atoms with Crippen molar-refractivity contribution in [3.05, 3.63) is 35.3 Å². The number of nitrogens with one attached hydrogen (secondary N) is 1. The number of carbonyl (C=O) groups excluding carboxylic acids is 2. The number of H-pyrrole nitrogens is 1. The van der Waals surface area contributed by atoms with Gasteiger partial charge in [-0.2, -0.15) is 0 Å². The van der Waals surface area contributed by atoms with Crippen LogP contribution in [0.5, 0.6) is 0 Å². The van der Waals surface area contributed by atoms with Gasteiger partial charge in [-0.1, -0.05) is 0 Å². The average Bonchev–Trinajstić information content (AvgIpc) is 2.89. The summed E-state index contributed by atoms with van der Waals surface area (Å²) in [6.45, 7) is 5.02. The van der Waals surface area contributed by atoms with Crippen LogP contribution in [0.3, 0.4) is 0 Å². The maximum atomic E-state index is 13.5. The quantitative estimate of drug-likeness (QED) is 0.876. The maximum absolute atomic E-state index is 13.5. The van der Waals surface area contributed by atoms with Gasteiger partial charge in [0.15, 0.2) is 0 Å². The summed E-state index contributed by atoms with van der Waals surface area (Å²) >= 11 is 0. The number of carbonyl (C=O) groups is 2. The SMILES string of the molecule is Cc1[nH]c2ccc(F)cc2c1CC(=O)N1CCN(C(=O)C(C)O)CC1. The second-order valence-electron chi connectivity index (χ2n) is 6.48. The first-order valence-corrected chi connectivity index (χ1v) is 8.38. The van der Waals surface area contributed by atoms with Crippen LogP contribution in [-0.4, -0.2) is 64.0 Å². The Kier molecular flexibility index (Phi) is 4.76. The Balaban J connectivity index is 1.69. The lowest BCUT2D eigenvalue weighted by molar-refractivity contribution is -0.144. The molecule has 0 saturated carbocycles. The third-order valence-electron chi connectivity index (χ3n) is 4.71. The summed E-state index contributed by atoms with van der Waals surface area (Å²) in [5.74, 6) is -0.682. The number of rotatable bonds is 3. The lowest BCUT2D eigenvalue weighted by atomic mass is 10.1. The number of hydrogen-bond acceptors (Lipinski definition) is 3. The van der Waals surface area contributed by atoms with Gasteiger partial charge in [0.1, 0.15) is 11.9 Å². The molecule has 0 bridgehead atoms. The number of piperazine rings is 1. The number of aliphatic hydroxyl groups excluding tert-OH is 1. The van der Waals surface area contributed by atoms with Crippen molar-refractivity contribution in [3.8, 4) is 0 Å². The highest BCUT2D eigenvalue weighted by Gasteiger charge is 2.26. The minimum Gasteiger partial charge on any atom is -0.384 e. The van der Waals surface area contributed by atoms with Gasteiger partial charge < -0.3 is 19.9 Å². The Morgan fingerprint density at radius 1 is 1.24 bits per heavy atom. The molecular formula is C18H22FN3O3. The van der Waals surface area contributed by atoms with Gasteiger partial charge in [-0.3, -0.25) is 9.59 Å². The molecule has 1 atom stereocenters. The van der Waals surface area contributed by atoms with E-state index in [1.807, 2.05) is 6.92 Å². The molecule has 1 aliphatic heterocycles. The highest BCUT2D eigenvalue weighted by molar-refractivity contribution is 5.90. The van der Waals surface area contributed by atoms with Crippen molar-refractivity contribution in [1.29, 1.82) is 0 Å². The van der Waals surface area contributed by atoms with E-state index in [4.69, 9.17) is 0 Å². The van der Waals surface area contributed by atoms with Crippen LogP contribution in [0, 0.1) is 12.7 Å². The monoisotopic (exact) mass is 347 g/mol. The van der Waals surface area contributed by atoms with Crippen molar-refractivity contribution < 1.29 is 19.1 Å². The zero-order chi connectivity index (χ0) is 18.1. The van der Waals surface area contributed by atoms with E-state index in [9.17, 15) is 19.1 Å². The van der Waals surface area contributed by atoms with Crippen LogP contribution in [0.4, 0.5) is 4.39 Å². The van der Waals surface area contributed by atoms with E-state index in [1.54, 1.807) is 15.9 Å². The van der Waals surface area contributed by atoms with E-state index in [0.717, 1.165) is 22.2 Å². The number of aromatic nitrogens is 1. The number of benzene rings is 1. The molecule has 1 unspecified atom stereocenters. The molecule has 1 aliphatic rings. The largest absolute Gasteiger partial charge is 0.384 e. The third kappa shape index (κ3) is 3.51. The van der Waals surface area contributed by atoms with E-state index < -0.39 is 6.10 Å². The summed E-state index contributed by atoms with van der Waals surface area (Å²) in [5, 5.41) is 10.1. The highest BCUT2D eigenvalue weighted by Crippen LogP contribution is 2.24. The smallest absolute Gasteiger partial charge is 0.251 e. The van der Waals surface area contributed by atoms with Crippen LogP contribution in [0.1, 0.15) is 18.2 Å².